The maximum atomic E-state index is 12.0. The van der Waals surface area contributed by atoms with Gasteiger partial charge in [-0.3, -0.25) is 4.68 Å². The van der Waals surface area contributed by atoms with Gasteiger partial charge in [-0.1, -0.05) is 53.6 Å². The van der Waals surface area contributed by atoms with E-state index in [1.54, 1.807) is 30.1 Å². The van der Waals surface area contributed by atoms with Gasteiger partial charge in [-0.15, -0.1) is 0 Å². The molecule has 4 nitrogen and oxygen atoms in total. The van der Waals surface area contributed by atoms with E-state index in [2.05, 4.69) is 11.2 Å². The van der Waals surface area contributed by atoms with Crippen molar-refractivity contribution in [3.8, 4) is 11.1 Å². The molecule has 134 valence electrons. The third kappa shape index (κ3) is 3.81. The minimum Gasteiger partial charge on any atom is -0.479 e. The van der Waals surface area contributed by atoms with Crippen LogP contribution in [0.1, 0.15) is 24.5 Å². The molecule has 0 fully saturated rings. The fraction of sp³-hybridized carbons (Fsp3) is 0.238. The molecule has 0 amide bonds. The van der Waals surface area contributed by atoms with Crippen molar-refractivity contribution >= 4 is 17.6 Å². The zero-order chi connectivity index (χ0) is 18.7. The largest absolute Gasteiger partial charge is 0.479 e. The quantitative estimate of drug-likeness (QED) is 0.670. The molecular formula is C21H21ClN2O2. The Bertz CT molecular complexity index is 935. The van der Waals surface area contributed by atoms with Gasteiger partial charge in [0, 0.05) is 16.8 Å². The van der Waals surface area contributed by atoms with E-state index in [-0.39, 0.29) is 0 Å². The van der Waals surface area contributed by atoms with Crippen molar-refractivity contribution in [1.82, 2.24) is 9.78 Å². The molecule has 0 aliphatic heterocycles. The molecule has 1 N–H and O–H groups in total. The molecule has 2 aromatic carbocycles. The van der Waals surface area contributed by atoms with Crippen LogP contribution in [-0.4, -0.2) is 20.9 Å². The number of aliphatic carboxylic acids is 1. The number of aryl methyl sites for hydroxylation is 2. The molecule has 3 aromatic rings. The summed E-state index contributed by atoms with van der Waals surface area (Å²) in [6, 6.07) is 15.6. The Hall–Kier alpha value is -2.59. The molecule has 0 spiro atoms. The lowest BCUT2D eigenvalue weighted by Gasteiger charge is -2.25. The minimum atomic E-state index is -1.12. The van der Waals surface area contributed by atoms with E-state index < -0.39 is 11.5 Å². The summed E-state index contributed by atoms with van der Waals surface area (Å²) in [6.45, 7) is 3.74. The predicted molar refractivity (Wildman–Crippen MR) is 103 cm³/mol. The molecule has 0 radical (unpaired) electrons. The van der Waals surface area contributed by atoms with Gasteiger partial charge >= 0.3 is 5.97 Å². The molecule has 5 heteroatoms. The number of carboxylic acids is 1. The molecule has 1 heterocycles. The highest BCUT2D eigenvalue weighted by Gasteiger charge is 2.35. The summed E-state index contributed by atoms with van der Waals surface area (Å²) in [5.74, 6) is -0.897. The summed E-state index contributed by atoms with van der Waals surface area (Å²) in [4.78, 5) is 12.0. The van der Waals surface area contributed by atoms with Crippen molar-refractivity contribution < 1.29 is 9.90 Å². The lowest BCUT2D eigenvalue weighted by atomic mass is 9.93. The van der Waals surface area contributed by atoms with Gasteiger partial charge in [0.25, 0.3) is 0 Å². The Labute approximate surface area is 158 Å². The molecule has 3 rings (SSSR count). The molecule has 1 unspecified atom stereocenters. The lowest BCUT2D eigenvalue weighted by molar-refractivity contribution is -0.147. The predicted octanol–water partition coefficient (Wildman–Crippen LogP) is 4.94. The van der Waals surface area contributed by atoms with Crippen LogP contribution < -0.4 is 0 Å². The average Bonchev–Trinajstić information content (AvgIpc) is 3.10. The number of carbonyl (C=O) groups is 1. The second kappa shape index (κ2) is 7.34. The van der Waals surface area contributed by atoms with Crippen LogP contribution in [0.4, 0.5) is 0 Å². The number of rotatable bonds is 6. The summed E-state index contributed by atoms with van der Waals surface area (Å²) in [5, 5.41) is 14.8. The third-order valence-corrected chi connectivity index (χ3v) is 4.92. The van der Waals surface area contributed by atoms with Crippen LogP contribution in [0.25, 0.3) is 11.1 Å². The molecular weight excluding hydrogens is 348 g/mol. The lowest BCUT2D eigenvalue weighted by Crippen LogP contribution is -2.39. The molecule has 0 saturated heterocycles. The van der Waals surface area contributed by atoms with E-state index in [0.717, 1.165) is 16.7 Å². The Morgan fingerprint density at radius 2 is 1.96 bits per heavy atom. The number of hydrogen-bond donors (Lipinski definition) is 1. The number of benzene rings is 2. The first kappa shape index (κ1) is 18.2. The fourth-order valence-corrected chi connectivity index (χ4v) is 3.17. The van der Waals surface area contributed by atoms with Crippen LogP contribution in [0.3, 0.4) is 0 Å². The summed E-state index contributed by atoms with van der Waals surface area (Å²) in [5.41, 5.74) is 2.92. The zero-order valence-corrected chi connectivity index (χ0v) is 15.6. The molecule has 1 aromatic heterocycles. The van der Waals surface area contributed by atoms with Crippen LogP contribution in [0.5, 0.6) is 0 Å². The third-order valence-electron chi connectivity index (χ3n) is 4.69. The van der Waals surface area contributed by atoms with E-state index in [0.29, 0.717) is 17.9 Å². The zero-order valence-electron chi connectivity index (χ0n) is 14.8. The Balaban J connectivity index is 1.86. The topological polar surface area (TPSA) is 55.1 Å². The smallest absolute Gasteiger partial charge is 0.331 e. The van der Waals surface area contributed by atoms with Crippen LogP contribution in [0.15, 0.2) is 60.9 Å². The minimum absolute atomic E-state index is 0.447. The van der Waals surface area contributed by atoms with Crippen molar-refractivity contribution in [2.45, 2.75) is 32.2 Å². The molecule has 0 aliphatic carbocycles. The number of halogens is 1. The molecule has 26 heavy (non-hydrogen) atoms. The van der Waals surface area contributed by atoms with Gasteiger partial charge in [-0.2, -0.15) is 5.10 Å². The van der Waals surface area contributed by atoms with Crippen LogP contribution in [0.2, 0.25) is 5.02 Å². The summed E-state index contributed by atoms with van der Waals surface area (Å²) < 4.78 is 1.54. The first-order valence-electron chi connectivity index (χ1n) is 8.48. The van der Waals surface area contributed by atoms with Gasteiger partial charge < -0.3 is 5.11 Å². The number of aromatic nitrogens is 2. The maximum Gasteiger partial charge on any atom is 0.331 e. The van der Waals surface area contributed by atoms with Crippen LogP contribution in [-0.2, 0) is 16.8 Å². The van der Waals surface area contributed by atoms with Gasteiger partial charge in [0.2, 0.25) is 0 Å². The van der Waals surface area contributed by atoms with Gasteiger partial charge in [0.15, 0.2) is 5.54 Å². The monoisotopic (exact) mass is 368 g/mol. The molecule has 0 aliphatic rings. The number of carboxylic acid groups (broad SMARTS) is 1. The van der Waals surface area contributed by atoms with Crippen molar-refractivity contribution in [3.05, 3.63) is 77.1 Å². The standard InChI is InChI=1S/C21H21ClN2O2/c1-15-5-3-6-16(11-15)9-10-21(2,20(25)26)24-14-18(13-23-24)17-7-4-8-19(22)12-17/h3-8,11-14H,9-10H2,1-2H3,(H,25,26). The van der Waals surface area contributed by atoms with E-state index >= 15 is 0 Å². The highest BCUT2D eigenvalue weighted by atomic mass is 35.5. The van der Waals surface area contributed by atoms with Crippen molar-refractivity contribution in [2.24, 2.45) is 0 Å². The van der Waals surface area contributed by atoms with E-state index in [1.165, 1.54) is 5.56 Å². The second-order valence-corrected chi connectivity index (χ2v) is 7.19. The van der Waals surface area contributed by atoms with Gasteiger partial charge in [0.1, 0.15) is 0 Å². The first-order chi connectivity index (χ1) is 12.4. The second-order valence-electron chi connectivity index (χ2n) is 6.75. The van der Waals surface area contributed by atoms with E-state index in [9.17, 15) is 9.90 Å². The van der Waals surface area contributed by atoms with Crippen LogP contribution in [0, 0.1) is 6.92 Å². The van der Waals surface area contributed by atoms with Crippen molar-refractivity contribution in [1.29, 1.82) is 0 Å². The van der Waals surface area contributed by atoms with Gasteiger partial charge in [0.05, 0.1) is 6.20 Å². The Morgan fingerprint density at radius 3 is 2.65 bits per heavy atom. The van der Waals surface area contributed by atoms with Gasteiger partial charge in [-0.05, 0) is 49.9 Å². The number of hydrogen-bond acceptors (Lipinski definition) is 2. The van der Waals surface area contributed by atoms with E-state index in [1.807, 2.05) is 43.3 Å². The summed E-state index contributed by atoms with van der Waals surface area (Å²) in [7, 11) is 0. The summed E-state index contributed by atoms with van der Waals surface area (Å²) >= 11 is 6.05. The van der Waals surface area contributed by atoms with Crippen molar-refractivity contribution in [3.63, 3.8) is 0 Å². The first-order valence-corrected chi connectivity index (χ1v) is 8.86. The van der Waals surface area contributed by atoms with E-state index in [4.69, 9.17) is 11.6 Å². The van der Waals surface area contributed by atoms with Crippen molar-refractivity contribution in [2.75, 3.05) is 0 Å². The van der Waals surface area contributed by atoms with Gasteiger partial charge in [-0.25, -0.2) is 4.79 Å². The van der Waals surface area contributed by atoms with Crippen LogP contribution >= 0.6 is 11.6 Å². The Morgan fingerprint density at radius 1 is 1.19 bits per heavy atom. The average molecular weight is 369 g/mol. The Kier molecular flexibility index (Phi) is 5.14. The maximum absolute atomic E-state index is 12.0. The molecule has 0 saturated carbocycles. The highest BCUT2D eigenvalue weighted by Crippen LogP contribution is 2.28. The fourth-order valence-electron chi connectivity index (χ4n) is 2.98. The number of nitrogens with zero attached hydrogens (tertiary/aromatic N) is 2. The normalized spacial score (nSPS) is 13.3. The molecule has 0 bridgehead atoms. The summed E-state index contributed by atoms with van der Waals surface area (Å²) in [6.07, 6.45) is 4.56. The highest BCUT2D eigenvalue weighted by molar-refractivity contribution is 6.30. The SMILES string of the molecule is Cc1cccc(CCC(C)(C(=O)O)n2cc(-c3cccc(Cl)c3)cn2)c1. The molecule has 1 atom stereocenters.